The Morgan fingerprint density at radius 2 is 1.47 bits per heavy atom. The van der Waals surface area contributed by atoms with E-state index in [9.17, 15) is 0 Å². The molecule has 0 fully saturated rings. The first-order valence-corrected chi connectivity index (χ1v) is 6.97. The first-order chi connectivity index (χ1) is 9.24. The van der Waals surface area contributed by atoms with E-state index in [-0.39, 0.29) is 0 Å². The molecule has 0 aliphatic rings. The molecule has 3 aromatic rings. The molecule has 0 aliphatic heterocycles. The molecule has 0 saturated heterocycles. The van der Waals surface area contributed by atoms with E-state index in [2.05, 4.69) is 71.0 Å². The van der Waals surface area contributed by atoms with Gasteiger partial charge in [-0.3, -0.25) is 0 Å². The highest BCUT2D eigenvalue weighted by Gasteiger charge is 2.03. The van der Waals surface area contributed by atoms with E-state index >= 15 is 0 Å². The lowest BCUT2D eigenvalue weighted by molar-refractivity contribution is 1.57. The molecule has 92 valence electrons. The summed E-state index contributed by atoms with van der Waals surface area (Å²) in [7, 11) is 0. The van der Waals surface area contributed by atoms with Crippen LogP contribution < -0.4 is 0 Å². The molecule has 0 aromatic heterocycles. The van der Waals surface area contributed by atoms with Gasteiger partial charge in [0.25, 0.3) is 0 Å². The quantitative estimate of drug-likeness (QED) is 0.572. The third-order valence-corrected chi connectivity index (χ3v) is 3.77. The largest absolute Gasteiger partial charge is 0.0906 e. The second kappa shape index (κ2) is 5.02. The molecule has 3 aromatic carbocycles. The van der Waals surface area contributed by atoms with Gasteiger partial charge in [-0.15, -0.1) is 0 Å². The first kappa shape index (κ1) is 12.2. The Labute approximate surface area is 121 Å². The number of halogens is 1. The minimum Gasteiger partial charge on any atom is -0.0906 e. The predicted molar refractivity (Wildman–Crippen MR) is 86.2 cm³/mol. The maximum absolute atomic E-state index is 4.21. The summed E-state index contributed by atoms with van der Waals surface area (Å²) in [5.74, 6) is 0. The minimum atomic E-state index is 1.06. The van der Waals surface area contributed by atoms with Crippen molar-refractivity contribution in [3.63, 3.8) is 0 Å². The molecular formula is C18H13Br. The fourth-order valence-corrected chi connectivity index (χ4v) is 2.59. The summed E-state index contributed by atoms with van der Waals surface area (Å²) in [5, 5.41) is 2.47. The lowest BCUT2D eigenvalue weighted by atomic mass is 9.97. The Bertz CT molecular complexity index is 742. The molecule has 0 aliphatic carbocycles. The van der Waals surface area contributed by atoms with Crippen LogP contribution in [0, 0.1) is 0 Å². The fourth-order valence-electron chi connectivity index (χ4n) is 2.21. The van der Waals surface area contributed by atoms with Crippen molar-refractivity contribution in [2.75, 3.05) is 0 Å². The highest BCUT2D eigenvalue weighted by molar-refractivity contribution is 9.10. The Balaban J connectivity index is 2.08. The van der Waals surface area contributed by atoms with E-state index in [4.69, 9.17) is 0 Å². The smallest absolute Gasteiger partial charge is 0.0181 e. The van der Waals surface area contributed by atoms with Crippen LogP contribution in [0.5, 0.6) is 0 Å². The SMILES string of the molecule is C=C(c1ccccc1)c1ccc2ccc(Br)cc2c1. The van der Waals surface area contributed by atoms with Gasteiger partial charge >= 0.3 is 0 Å². The molecular weight excluding hydrogens is 296 g/mol. The first-order valence-electron chi connectivity index (χ1n) is 6.18. The third-order valence-electron chi connectivity index (χ3n) is 3.27. The summed E-state index contributed by atoms with van der Waals surface area (Å²) in [6, 6.07) is 23.1. The van der Waals surface area contributed by atoms with Crippen LogP contribution in [-0.2, 0) is 0 Å². The van der Waals surface area contributed by atoms with Crippen LogP contribution in [0.3, 0.4) is 0 Å². The molecule has 0 atom stereocenters. The van der Waals surface area contributed by atoms with Crippen LogP contribution in [0.2, 0.25) is 0 Å². The predicted octanol–water partition coefficient (Wildman–Crippen LogP) is 5.66. The van der Waals surface area contributed by atoms with Gasteiger partial charge in [-0.2, -0.15) is 0 Å². The maximum atomic E-state index is 4.21. The number of benzene rings is 3. The van der Waals surface area contributed by atoms with Gasteiger partial charge in [0.15, 0.2) is 0 Å². The molecule has 0 N–H and O–H groups in total. The summed E-state index contributed by atoms with van der Waals surface area (Å²) < 4.78 is 1.10. The molecule has 3 rings (SSSR count). The monoisotopic (exact) mass is 308 g/mol. The van der Waals surface area contributed by atoms with Crippen LogP contribution in [0.1, 0.15) is 11.1 Å². The van der Waals surface area contributed by atoms with Crippen molar-refractivity contribution in [3.05, 3.63) is 88.9 Å². The molecule has 0 nitrogen and oxygen atoms in total. The number of fused-ring (bicyclic) bond motifs is 1. The van der Waals surface area contributed by atoms with Gasteiger partial charge in [0, 0.05) is 4.47 Å². The standard InChI is InChI=1S/C18H13Br/c1-13(14-5-3-2-4-6-14)16-8-7-15-9-10-18(19)12-17(15)11-16/h2-12H,1H2. The highest BCUT2D eigenvalue weighted by atomic mass is 79.9. The molecule has 1 heteroatoms. The van der Waals surface area contributed by atoms with E-state index in [1.807, 2.05) is 18.2 Å². The zero-order chi connectivity index (χ0) is 13.2. The third kappa shape index (κ3) is 2.47. The molecule has 0 heterocycles. The van der Waals surface area contributed by atoms with E-state index < -0.39 is 0 Å². The maximum Gasteiger partial charge on any atom is 0.0181 e. The Morgan fingerprint density at radius 1 is 0.737 bits per heavy atom. The van der Waals surface area contributed by atoms with Gasteiger partial charge in [0.2, 0.25) is 0 Å². The molecule has 0 amide bonds. The summed E-state index contributed by atoms with van der Waals surface area (Å²) in [4.78, 5) is 0. The van der Waals surface area contributed by atoms with Crippen molar-refractivity contribution in [1.82, 2.24) is 0 Å². The average molecular weight is 309 g/mol. The van der Waals surface area contributed by atoms with E-state index in [0.29, 0.717) is 0 Å². The Kier molecular flexibility index (Phi) is 3.22. The van der Waals surface area contributed by atoms with Gasteiger partial charge in [0.05, 0.1) is 0 Å². The molecule has 19 heavy (non-hydrogen) atoms. The summed E-state index contributed by atoms with van der Waals surface area (Å²) in [6.07, 6.45) is 0. The zero-order valence-electron chi connectivity index (χ0n) is 10.4. The summed E-state index contributed by atoms with van der Waals surface area (Å²) in [6.45, 7) is 4.21. The fraction of sp³-hybridized carbons (Fsp3) is 0. The lowest BCUT2D eigenvalue weighted by Crippen LogP contribution is -1.86. The van der Waals surface area contributed by atoms with E-state index in [1.165, 1.54) is 10.8 Å². The van der Waals surface area contributed by atoms with Gasteiger partial charge in [-0.25, -0.2) is 0 Å². The lowest BCUT2D eigenvalue weighted by Gasteiger charge is -2.08. The van der Waals surface area contributed by atoms with Crippen molar-refractivity contribution in [1.29, 1.82) is 0 Å². The van der Waals surface area contributed by atoms with Crippen LogP contribution >= 0.6 is 15.9 Å². The van der Waals surface area contributed by atoms with Gasteiger partial charge < -0.3 is 0 Å². The number of hydrogen-bond acceptors (Lipinski definition) is 0. The summed E-state index contributed by atoms with van der Waals surface area (Å²) >= 11 is 3.52. The molecule has 0 unspecified atom stereocenters. The zero-order valence-corrected chi connectivity index (χ0v) is 12.0. The second-order valence-electron chi connectivity index (χ2n) is 4.55. The van der Waals surface area contributed by atoms with Crippen molar-refractivity contribution >= 4 is 32.3 Å². The highest BCUT2D eigenvalue weighted by Crippen LogP contribution is 2.26. The van der Waals surface area contributed by atoms with Crippen molar-refractivity contribution in [2.24, 2.45) is 0 Å². The van der Waals surface area contributed by atoms with E-state index in [1.54, 1.807) is 0 Å². The van der Waals surface area contributed by atoms with Crippen molar-refractivity contribution < 1.29 is 0 Å². The normalized spacial score (nSPS) is 10.6. The van der Waals surface area contributed by atoms with Gasteiger partial charge in [-0.05, 0) is 45.7 Å². The number of rotatable bonds is 2. The average Bonchev–Trinajstić information content (AvgIpc) is 2.46. The Hall–Kier alpha value is -1.86. The van der Waals surface area contributed by atoms with Crippen LogP contribution in [0.15, 0.2) is 77.8 Å². The molecule has 0 radical (unpaired) electrons. The molecule has 0 bridgehead atoms. The minimum absolute atomic E-state index is 1.06. The molecule has 0 spiro atoms. The van der Waals surface area contributed by atoms with Crippen LogP contribution in [-0.4, -0.2) is 0 Å². The van der Waals surface area contributed by atoms with Crippen LogP contribution in [0.4, 0.5) is 0 Å². The summed E-state index contributed by atoms with van der Waals surface area (Å²) in [5.41, 5.74) is 3.39. The van der Waals surface area contributed by atoms with Crippen LogP contribution in [0.25, 0.3) is 16.3 Å². The van der Waals surface area contributed by atoms with Gasteiger partial charge in [0.1, 0.15) is 0 Å². The Morgan fingerprint density at radius 3 is 2.26 bits per heavy atom. The second-order valence-corrected chi connectivity index (χ2v) is 5.47. The number of hydrogen-bond donors (Lipinski definition) is 0. The topological polar surface area (TPSA) is 0 Å². The van der Waals surface area contributed by atoms with Gasteiger partial charge in [-0.1, -0.05) is 71.0 Å². The molecule has 0 saturated carbocycles. The van der Waals surface area contributed by atoms with Crippen molar-refractivity contribution in [3.8, 4) is 0 Å². The van der Waals surface area contributed by atoms with Crippen molar-refractivity contribution in [2.45, 2.75) is 0 Å². The van der Waals surface area contributed by atoms with E-state index in [0.717, 1.165) is 21.2 Å².